The van der Waals surface area contributed by atoms with Crippen LogP contribution in [0.1, 0.15) is 43.5 Å². The Bertz CT molecular complexity index is 643. The molecule has 1 aromatic rings. The maximum Gasteiger partial charge on any atom is 0.248 e. The SMILES string of the molecule is C[C@H]1CCCCN1[C@@H](C)CNS(=O)(=O)c1ccc(C(N)=O)cc1. The first-order valence-electron chi connectivity index (χ1n) is 7.96. The molecular weight excluding hydrogens is 314 g/mol. The highest BCUT2D eigenvalue weighted by atomic mass is 32.2. The summed E-state index contributed by atoms with van der Waals surface area (Å²) in [5.41, 5.74) is 5.45. The zero-order chi connectivity index (χ0) is 17.0. The molecule has 1 aromatic carbocycles. The number of likely N-dealkylation sites (tertiary alicyclic amines) is 1. The average molecular weight is 339 g/mol. The number of sulfonamides is 1. The van der Waals surface area contributed by atoms with Crippen molar-refractivity contribution in [3.8, 4) is 0 Å². The third-order valence-corrected chi connectivity index (χ3v) is 5.88. The van der Waals surface area contributed by atoms with Crippen LogP contribution in [0.2, 0.25) is 0 Å². The van der Waals surface area contributed by atoms with E-state index in [4.69, 9.17) is 5.73 Å². The minimum absolute atomic E-state index is 0.140. The summed E-state index contributed by atoms with van der Waals surface area (Å²) in [7, 11) is -3.58. The summed E-state index contributed by atoms with van der Waals surface area (Å²) in [4.78, 5) is 13.5. The molecule has 1 saturated heterocycles. The lowest BCUT2D eigenvalue weighted by Gasteiger charge is -2.38. The van der Waals surface area contributed by atoms with Crippen molar-refractivity contribution in [2.24, 2.45) is 5.73 Å². The highest BCUT2D eigenvalue weighted by Crippen LogP contribution is 2.19. The summed E-state index contributed by atoms with van der Waals surface area (Å²) < 4.78 is 27.3. The van der Waals surface area contributed by atoms with E-state index >= 15 is 0 Å². The van der Waals surface area contributed by atoms with E-state index in [-0.39, 0.29) is 10.9 Å². The van der Waals surface area contributed by atoms with Gasteiger partial charge in [0.25, 0.3) is 0 Å². The van der Waals surface area contributed by atoms with E-state index in [1.54, 1.807) is 0 Å². The van der Waals surface area contributed by atoms with Gasteiger partial charge in [0.1, 0.15) is 0 Å². The minimum atomic E-state index is -3.58. The van der Waals surface area contributed by atoms with Crippen molar-refractivity contribution in [2.75, 3.05) is 13.1 Å². The van der Waals surface area contributed by atoms with Crippen LogP contribution in [0.15, 0.2) is 29.2 Å². The topological polar surface area (TPSA) is 92.5 Å². The lowest BCUT2D eigenvalue weighted by Crippen LogP contribution is -2.48. The van der Waals surface area contributed by atoms with E-state index in [9.17, 15) is 13.2 Å². The van der Waals surface area contributed by atoms with Crippen LogP contribution in [-0.2, 0) is 10.0 Å². The number of rotatable bonds is 6. The number of benzene rings is 1. The van der Waals surface area contributed by atoms with Crippen LogP contribution >= 0.6 is 0 Å². The van der Waals surface area contributed by atoms with Crippen LogP contribution in [-0.4, -0.2) is 44.4 Å². The Morgan fingerprint density at radius 3 is 2.57 bits per heavy atom. The molecule has 1 amide bonds. The van der Waals surface area contributed by atoms with Crippen molar-refractivity contribution in [3.05, 3.63) is 29.8 Å². The van der Waals surface area contributed by atoms with Gasteiger partial charge in [0, 0.05) is 24.2 Å². The number of nitrogens with one attached hydrogen (secondary N) is 1. The third kappa shape index (κ3) is 4.53. The van der Waals surface area contributed by atoms with Crippen molar-refractivity contribution in [1.82, 2.24) is 9.62 Å². The van der Waals surface area contributed by atoms with Gasteiger partial charge < -0.3 is 5.73 Å². The monoisotopic (exact) mass is 339 g/mol. The fourth-order valence-electron chi connectivity index (χ4n) is 3.00. The molecule has 0 unspecified atom stereocenters. The fourth-order valence-corrected chi connectivity index (χ4v) is 4.13. The number of nitrogens with two attached hydrogens (primary N) is 1. The quantitative estimate of drug-likeness (QED) is 0.818. The third-order valence-electron chi connectivity index (χ3n) is 4.44. The molecule has 0 aliphatic carbocycles. The van der Waals surface area contributed by atoms with Crippen molar-refractivity contribution < 1.29 is 13.2 Å². The smallest absolute Gasteiger partial charge is 0.248 e. The molecule has 128 valence electrons. The predicted octanol–water partition coefficient (Wildman–Crippen LogP) is 1.33. The standard InChI is InChI=1S/C16H25N3O3S/c1-12-5-3-4-10-19(12)13(2)11-18-23(21,22)15-8-6-14(7-9-15)16(17)20/h6-9,12-13,18H,3-5,10-11H2,1-2H3,(H2,17,20)/t12-,13-/m0/s1. The predicted molar refractivity (Wildman–Crippen MR) is 89.6 cm³/mol. The van der Waals surface area contributed by atoms with Gasteiger partial charge in [0.2, 0.25) is 15.9 Å². The summed E-state index contributed by atoms with van der Waals surface area (Å²) in [6, 6.07) is 6.27. The van der Waals surface area contributed by atoms with E-state index in [1.807, 2.05) is 6.92 Å². The van der Waals surface area contributed by atoms with Gasteiger partial charge in [-0.3, -0.25) is 9.69 Å². The maximum atomic E-state index is 12.3. The molecule has 1 fully saturated rings. The van der Waals surface area contributed by atoms with Crippen molar-refractivity contribution in [1.29, 1.82) is 0 Å². The fraction of sp³-hybridized carbons (Fsp3) is 0.562. The number of piperidine rings is 1. The molecule has 1 aliphatic rings. The van der Waals surface area contributed by atoms with Gasteiger partial charge in [-0.05, 0) is 57.5 Å². The summed E-state index contributed by atoms with van der Waals surface area (Å²) >= 11 is 0. The molecule has 3 N–H and O–H groups in total. The first-order chi connectivity index (χ1) is 10.8. The van der Waals surface area contributed by atoms with Gasteiger partial charge >= 0.3 is 0 Å². The number of hydrogen-bond acceptors (Lipinski definition) is 4. The summed E-state index contributed by atoms with van der Waals surface area (Å²) in [6.45, 7) is 5.61. The van der Waals surface area contributed by atoms with Crippen molar-refractivity contribution >= 4 is 15.9 Å². The Morgan fingerprint density at radius 2 is 2.00 bits per heavy atom. The van der Waals surface area contributed by atoms with Gasteiger partial charge in [-0.25, -0.2) is 13.1 Å². The molecule has 1 heterocycles. The van der Waals surface area contributed by atoms with Gasteiger partial charge in [-0.1, -0.05) is 6.42 Å². The zero-order valence-corrected chi connectivity index (χ0v) is 14.5. The van der Waals surface area contributed by atoms with Crippen LogP contribution in [0.5, 0.6) is 0 Å². The number of primary amides is 1. The second-order valence-corrected chi connectivity index (χ2v) is 7.94. The van der Waals surface area contributed by atoms with Gasteiger partial charge in [0.05, 0.1) is 4.90 Å². The molecule has 1 aliphatic heterocycles. The Kier molecular flexibility index (Phi) is 5.78. The van der Waals surface area contributed by atoms with Crippen LogP contribution in [0.4, 0.5) is 0 Å². The molecule has 2 atom stereocenters. The summed E-state index contributed by atoms with van der Waals surface area (Å²) in [6.07, 6.45) is 3.56. The van der Waals surface area contributed by atoms with E-state index in [0.717, 1.165) is 19.4 Å². The normalized spacial score (nSPS) is 21.0. The number of carbonyl (C=O) groups excluding carboxylic acids is 1. The Labute approximate surface area is 138 Å². The Morgan fingerprint density at radius 1 is 1.35 bits per heavy atom. The molecule has 2 rings (SSSR count). The molecule has 0 spiro atoms. The van der Waals surface area contributed by atoms with E-state index in [2.05, 4.69) is 16.5 Å². The largest absolute Gasteiger partial charge is 0.366 e. The van der Waals surface area contributed by atoms with Crippen LogP contribution in [0, 0.1) is 0 Å². The molecule has 23 heavy (non-hydrogen) atoms. The van der Waals surface area contributed by atoms with Gasteiger partial charge in [-0.15, -0.1) is 0 Å². The molecule has 0 bridgehead atoms. The number of amides is 1. The van der Waals surface area contributed by atoms with E-state index < -0.39 is 15.9 Å². The number of nitrogens with zero attached hydrogens (tertiary/aromatic N) is 1. The first kappa shape index (κ1) is 17.9. The second kappa shape index (κ2) is 7.42. The van der Waals surface area contributed by atoms with Gasteiger partial charge in [0.15, 0.2) is 0 Å². The van der Waals surface area contributed by atoms with Crippen LogP contribution < -0.4 is 10.5 Å². The number of hydrogen-bond donors (Lipinski definition) is 2. The van der Waals surface area contributed by atoms with Crippen LogP contribution in [0.3, 0.4) is 0 Å². The first-order valence-corrected chi connectivity index (χ1v) is 9.45. The van der Waals surface area contributed by atoms with E-state index in [0.29, 0.717) is 18.2 Å². The highest BCUT2D eigenvalue weighted by molar-refractivity contribution is 7.89. The Hall–Kier alpha value is -1.44. The van der Waals surface area contributed by atoms with Crippen LogP contribution in [0.25, 0.3) is 0 Å². The van der Waals surface area contributed by atoms with Crippen molar-refractivity contribution in [2.45, 2.75) is 50.1 Å². The molecule has 0 aromatic heterocycles. The second-order valence-electron chi connectivity index (χ2n) is 6.17. The minimum Gasteiger partial charge on any atom is -0.366 e. The summed E-state index contributed by atoms with van der Waals surface area (Å²) in [5, 5.41) is 0. The van der Waals surface area contributed by atoms with Crippen molar-refractivity contribution in [3.63, 3.8) is 0 Å². The molecular formula is C16H25N3O3S. The number of carbonyl (C=O) groups is 1. The van der Waals surface area contributed by atoms with Gasteiger partial charge in [-0.2, -0.15) is 0 Å². The maximum absolute atomic E-state index is 12.3. The molecule has 0 saturated carbocycles. The van der Waals surface area contributed by atoms with E-state index in [1.165, 1.54) is 30.7 Å². The molecule has 7 heteroatoms. The Balaban J connectivity index is 1.99. The molecule has 0 radical (unpaired) electrons. The lowest BCUT2D eigenvalue weighted by molar-refractivity contribution is 0.1000. The highest BCUT2D eigenvalue weighted by Gasteiger charge is 2.24. The lowest BCUT2D eigenvalue weighted by atomic mass is 10.0. The average Bonchev–Trinajstić information content (AvgIpc) is 2.53. The zero-order valence-electron chi connectivity index (χ0n) is 13.7. The molecule has 6 nitrogen and oxygen atoms in total. The summed E-state index contributed by atoms with van der Waals surface area (Å²) in [5.74, 6) is -0.574.